The number of hydrogen-bond acceptors (Lipinski definition) is 2. The molecule has 1 atom stereocenters. The zero-order chi connectivity index (χ0) is 15.0. The summed E-state index contributed by atoms with van der Waals surface area (Å²) in [6, 6.07) is 17.0. The van der Waals surface area contributed by atoms with Crippen LogP contribution in [0.25, 0.3) is 11.1 Å². The first-order chi connectivity index (χ1) is 9.99. The summed E-state index contributed by atoms with van der Waals surface area (Å²) in [5.74, 6) is 0. The molecular weight excluding hydrogens is 274 g/mol. The van der Waals surface area contributed by atoms with E-state index in [0.29, 0.717) is 0 Å². The normalized spacial score (nSPS) is 14.2. The summed E-state index contributed by atoms with van der Waals surface area (Å²) in [6.07, 6.45) is 0.440. The summed E-state index contributed by atoms with van der Waals surface area (Å²) in [5.41, 5.74) is 6.17. The minimum Gasteiger partial charge on any atom is -0.399 e. The van der Waals surface area contributed by atoms with Crippen LogP contribution >= 0.6 is 0 Å². The zero-order valence-electron chi connectivity index (χ0n) is 12.7. The SMILES string of the molecule is C[Si](C)(C)O[C@@H](C#N)c1cccc2c1Cc1ccccc1-2. The summed E-state index contributed by atoms with van der Waals surface area (Å²) in [6.45, 7) is 6.36. The van der Waals surface area contributed by atoms with Crippen LogP contribution in [-0.2, 0) is 10.8 Å². The van der Waals surface area contributed by atoms with Crippen LogP contribution in [0.1, 0.15) is 22.8 Å². The molecule has 0 N–H and O–H groups in total. The second kappa shape index (κ2) is 5.14. The zero-order valence-corrected chi connectivity index (χ0v) is 13.7. The highest BCUT2D eigenvalue weighted by atomic mass is 28.4. The molecule has 3 heteroatoms. The second-order valence-corrected chi connectivity index (χ2v) is 10.9. The van der Waals surface area contributed by atoms with Gasteiger partial charge in [-0.3, -0.25) is 0 Å². The Hall–Kier alpha value is -1.89. The summed E-state index contributed by atoms with van der Waals surface area (Å²) < 4.78 is 6.07. The molecule has 0 aliphatic heterocycles. The van der Waals surface area contributed by atoms with Crippen LogP contribution in [0.4, 0.5) is 0 Å². The Labute approximate surface area is 127 Å². The molecule has 0 spiro atoms. The van der Waals surface area contributed by atoms with Crippen molar-refractivity contribution < 1.29 is 4.43 Å². The Morgan fingerprint density at radius 2 is 1.76 bits per heavy atom. The Morgan fingerprint density at radius 3 is 2.48 bits per heavy atom. The quantitative estimate of drug-likeness (QED) is 0.657. The van der Waals surface area contributed by atoms with Crippen LogP contribution in [0.5, 0.6) is 0 Å². The smallest absolute Gasteiger partial charge is 0.186 e. The standard InChI is InChI=1S/C18H19NOSi/c1-21(2,3)20-18(12-19)16-10-6-9-15-14-8-5-4-7-13(14)11-17(15)16/h4-10,18H,11H2,1-3H3/t18-/m0/s1. The predicted octanol–water partition coefficient (Wildman–Crippen LogP) is 4.67. The van der Waals surface area contributed by atoms with E-state index in [1.807, 2.05) is 12.1 Å². The van der Waals surface area contributed by atoms with Gasteiger partial charge in [-0.2, -0.15) is 5.26 Å². The van der Waals surface area contributed by atoms with Gasteiger partial charge in [0.25, 0.3) is 0 Å². The molecule has 2 aromatic rings. The number of rotatable bonds is 3. The van der Waals surface area contributed by atoms with Gasteiger partial charge < -0.3 is 4.43 Å². The average molecular weight is 293 g/mol. The van der Waals surface area contributed by atoms with Crippen molar-refractivity contribution in [1.29, 1.82) is 5.26 Å². The van der Waals surface area contributed by atoms with E-state index in [4.69, 9.17) is 4.43 Å². The van der Waals surface area contributed by atoms with E-state index in [0.717, 1.165) is 12.0 Å². The Balaban J connectivity index is 2.06. The molecule has 0 heterocycles. The molecule has 21 heavy (non-hydrogen) atoms. The predicted molar refractivity (Wildman–Crippen MR) is 87.5 cm³/mol. The molecule has 3 rings (SSSR count). The first kappa shape index (κ1) is 14.1. The van der Waals surface area contributed by atoms with E-state index in [1.54, 1.807) is 0 Å². The first-order valence-corrected chi connectivity index (χ1v) is 10.7. The minimum atomic E-state index is -1.76. The van der Waals surface area contributed by atoms with Gasteiger partial charge in [-0.05, 0) is 53.9 Å². The number of nitriles is 1. The van der Waals surface area contributed by atoms with Gasteiger partial charge in [0.1, 0.15) is 0 Å². The van der Waals surface area contributed by atoms with Crippen LogP contribution in [0.3, 0.4) is 0 Å². The lowest BCUT2D eigenvalue weighted by Gasteiger charge is -2.23. The highest BCUT2D eigenvalue weighted by Gasteiger charge is 2.27. The van der Waals surface area contributed by atoms with Crippen molar-refractivity contribution in [2.75, 3.05) is 0 Å². The largest absolute Gasteiger partial charge is 0.399 e. The summed E-state index contributed by atoms with van der Waals surface area (Å²) in [4.78, 5) is 0. The summed E-state index contributed by atoms with van der Waals surface area (Å²) in [7, 11) is -1.76. The average Bonchev–Trinajstić information content (AvgIpc) is 2.82. The maximum atomic E-state index is 9.54. The second-order valence-electron chi connectivity index (χ2n) is 6.45. The summed E-state index contributed by atoms with van der Waals surface area (Å²) in [5, 5.41) is 9.54. The van der Waals surface area contributed by atoms with Gasteiger partial charge in [0.05, 0.1) is 6.07 Å². The lowest BCUT2D eigenvalue weighted by Crippen LogP contribution is -2.27. The highest BCUT2D eigenvalue weighted by Crippen LogP contribution is 2.40. The molecule has 2 nitrogen and oxygen atoms in total. The monoisotopic (exact) mass is 293 g/mol. The van der Waals surface area contributed by atoms with Gasteiger partial charge in [-0.25, -0.2) is 0 Å². The molecule has 0 amide bonds. The third kappa shape index (κ3) is 2.65. The summed E-state index contributed by atoms with van der Waals surface area (Å²) >= 11 is 0. The Morgan fingerprint density at radius 1 is 1.05 bits per heavy atom. The van der Waals surface area contributed by atoms with Crippen LogP contribution in [0.15, 0.2) is 42.5 Å². The lowest BCUT2D eigenvalue weighted by atomic mass is 9.98. The molecule has 0 saturated heterocycles. The lowest BCUT2D eigenvalue weighted by molar-refractivity contribution is 0.254. The molecule has 1 aliphatic rings. The molecule has 106 valence electrons. The van der Waals surface area contributed by atoms with Crippen LogP contribution in [0, 0.1) is 11.3 Å². The van der Waals surface area contributed by atoms with Crippen molar-refractivity contribution in [3.63, 3.8) is 0 Å². The fourth-order valence-corrected chi connectivity index (χ4v) is 3.83. The van der Waals surface area contributed by atoms with Crippen molar-refractivity contribution >= 4 is 8.32 Å². The van der Waals surface area contributed by atoms with E-state index in [-0.39, 0.29) is 0 Å². The third-order valence-corrected chi connectivity index (χ3v) is 4.70. The Kier molecular flexibility index (Phi) is 3.44. The fourth-order valence-electron chi connectivity index (χ4n) is 2.94. The van der Waals surface area contributed by atoms with Crippen molar-refractivity contribution in [2.24, 2.45) is 0 Å². The van der Waals surface area contributed by atoms with E-state index >= 15 is 0 Å². The molecule has 0 saturated carbocycles. The molecule has 2 aromatic carbocycles. The number of benzene rings is 2. The van der Waals surface area contributed by atoms with Crippen molar-refractivity contribution in [3.05, 3.63) is 59.2 Å². The van der Waals surface area contributed by atoms with Crippen molar-refractivity contribution in [3.8, 4) is 17.2 Å². The van der Waals surface area contributed by atoms with Gasteiger partial charge in [-0.1, -0.05) is 42.5 Å². The first-order valence-electron chi connectivity index (χ1n) is 7.27. The number of hydrogen-bond donors (Lipinski definition) is 0. The van der Waals surface area contributed by atoms with Crippen molar-refractivity contribution in [1.82, 2.24) is 0 Å². The fraction of sp³-hybridized carbons (Fsp3) is 0.278. The molecule has 1 aliphatic carbocycles. The molecular formula is C18H19NOSi. The maximum absolute atomic E-state index is 9.54. The van der Waals surface area contributed by atoms with Crippen LogP contribution in [0.2, 0.25) is 19.6 Å². The van der Waals surface area contributed by atoms with Crippen molar-refractivity contribution in [2.45, 2.75) is 32.2 Å². The van der Waals surface area contributed by atoms with E-state index in [2.05, 4.69) is 56.0 Å². The van der Waals surface area contributed by atoms with Gasteiger partial charge in [-0.15, -0.1) is 0 Å². The molecule has 0 unspecified atom stereocenters. The topological polar surface area (TPSA) is 33.0 Å². The Bertz CT molecular complexity index is 725. The maximum Gasteiger partial charge on any atom is 0.186 e. The number of nitrogens with zero attached hydrogens (tertiary/aromatic N) is 1. The van der Waals surface area contributed by atoms with Gasteiger partial charge >= 0.3 is 0 Å². The molecule has 0 bridgehead atoms. The van der Waals surface area contributed by atoms with E-state index < -0.39 is 14.4 Å². The molecule has 0 fully saturated rings. The third-order valence-electron chi connectivity index (χ3n) is 3.76. The van der Waals surface area contributed by atoms with Gasteiger partial charge in [0.15, 0.2) is 14.4 Å². The van der Waals surface area contributed by atoms with E-state index in [9.17, 15) is 5.26 Å². The van der Waals surface area contributed by atoms with Crippen LogP contribution < -0.4 is 0 Å². The van der Waals surface area contributed by atoms with E-state index in [1.165, 1.54) is 22.3 Å². The highest BCUT2D eigenvalue weighted by molar-refractivity contribution is 6.69. The van der Waals surface area contributed by atoms with Crippen LogP contribution in [-0.4, -0.2) is 8.32 Å². The van der Waals surface area contributed by atoms with Gasteiger partial charge in [0, 0.05) is 0 Å². The molecule has 0 aromatic heterocycles. The van der Waals surface area contributed by atoms with Gasteiger partial charge in [0.2, 0.25) is 0 Å². The number of fused-ring (bicyclic) bond motifs is 3. The molecule has 0 radical (unpaired) electrons. The minimum absolute atomic E-state index is 0.457.